The number of alkyl halides is 3. The first-order chi connectivity index (χ1) is 9.54. The van der Waals surface area contributed by atoms with Gasteiger partial charge >= 0.3 is 6.18 Å². The Morgan fingerprint density at radius 3 is 2.33 bits per heavy atom. The highest BCUT2D eigenvalue weighted by atomic mass is 32.2. The van der Waals surface area contributed by atoms with Gasteiger partial charge < -0.3 is 0 Å². The van der Waals surface area contributed by atoms with E-state index in [0.29, 0.717) is 4.31 Å². The Labute approximate surface area is 121 Å². The number of aromatic nitrogens is 2. The first-order valence-corrected chi connectivity index (χ1v) is 8.08. The minimum Gasteiger partial charge on any atom is -0.281 e. The number of sulfonamides is 1. The maximum Gasteiger partial charge on any atom is 0.402 e. The molecule has 0 spiro atoms. The Kier molecular flexibility index (Phi) is 4.09. The second kappa shape index (κ2) is 5.28. The quantitative estimate of drug-likeness (QED) is 0.904. The lowest BCUT2D eigenvalue weighted by atomic mass is 10.2. The van der Waals surface area contributed by atoms with Crippen molar-refractivity contribution in [1.29, 1.82) is 0 Å². The van der Waals surface area contributed by atoms with E-state index in [1.165, 1.54) is 20.8 Å². The molecule has 0 amide bonds. The van der Waals surface area contributed by atoms with E-state index in [0.717, 1.165) is 12.8 Å². The lowest BCUT2D eigenvalue weighted by Gasteiger charge is -2.29. The fourth-order valence-electron chi connectivity index (χ4n) is 2.48. The van der Waals surface area contributed by atoms with Crippen molar-refractivity contribution in [2.45, 2.75) is 50.7 Å². The molecule has 1 saturated carbocycles. The molecule has 2 rings (SSSR count). The van der Waals surface area contributed by atoms with Gasteiger partial charge in [0.25, 0.3) is 0 Å². The van der Waals surface area contributed by atoms with Gasteiger partial charge in [-0.15, -0.1) is 0 Å². The van der Waals surface area contributed by atoms with Gasteiger partial charge in [-0.05, 0) is 39.5 Å². The molecule has 120 valence electrons. The van der Waals surface area contributed by atoms with E-state index < -0.39 is 28.8 Å². The summed E-state index contributed by atoms with van der Waals surface area (Å²) < 4.78 is 64.3. The zero-order chi connectivity index (χ0) is 16.0. The number of H-pyrrole nitrogens is 1. The first-order valence-electron chi connectivity index (χ1n) is 6.64. The normalized spacial score (nSPS) is 18.2. The van der Waals surface area contributed by atoms with Crippen molar-refractivity contribution in [2.24, 2.45) is 5.92 Å². The zero-order valence-corrected chi connectivity index (χ0v) is 12.8. The van der Waals surface area contributed by atoms with Crippen LogP contribution in [0.2, 0.25) is 0 Å². The fraction of sp³-hybridized carbons (Fsp3) is 0.750. The van der Waals surface area contributed by atoms with Gasteiger partial charge in [0.15, 0.2) is 0 Å². The summed E-state index contributed by atoms with van der Waals surface area (Å²) in [5.41, 5.74) is 0.436. The lowest BCUT2D eigenvalue weighted by molar-refractivity contribution is -0.139. The minimum atomic E-state index is -4.58. The maximum absolute atomic E-state index is 12.8. The van der Waals surface area contributed by atoms with Crippen LogP contribution in [0.1, 0.15) is 31.2 Å². The van der Waals surface area contributed by atoms with Crippen molar-refractivity contribution < 1.29 is 21.6 Å². The molecule has 0 saturated heterocycles. The standard InChI is InChI=1S/C12H18F3N3O2S/c1-7-11(8(2)17-16-7)21(19,20)18(6-12(13,14)15)9(3)10-4-5-10/h9-10H,4-6H2,1-3H3,(H,16,17). The van der Waals surface area contributed by atoms with Crippen molar-refractivity contribution in [1.82, 2.24) is 14.5 Å². The molecule has 1 fully saturated rings. The molecule has 5 nitrogen and oxygen atoms in total. The summed E-state index contributed by atoms with van der Waals surface area (Å²) in [6.07, 6.45) is -3.06. The summed E-state index contributed by atoms with van der Waals surface area (Å²) in [7, 11) is -4.24. The number of nitrogens with zero attached hydrogens (tertiary/aromatic N) is 2. The predicted molar refractivity (Wildman–Crippen MR) is 70.2 cm³/mol. The van der Waals surface area contributed by atoms with Crippen LogP contribution in [-0.4, -0.2) is 41.7 Å². The van der Waals surface area contributed by atoms with E-state index in [1.807, 2.05) is 0 Å². The molecule has 1 aromatic heterocycles. The van der Waals surface area contributed by atoms with Crippen LogP contribution in [0.3, 0.4) is 0 Å². The molecule has 1 unspecified atom stereocenters. The largest absolute Gasteiger partial charge is 0.402 e. The Morgan fingerprint density at radius 1 is 1.38 bits per heavy atom. The molecule has 1 aliphatic rings. The van der Waals surface area contributed by atoms with Gasteiger partial charge in [0.1, 0.15) is 11.4 Å². The SMILES string of the molecule is Cc1n[nH]c(C)c1S(=O)(=O)N(CC(F)(F)F)C(C)C1CC1. The molecule has 0 aromatic carbocycles. The number of nitrogens with one attached hydrogen (secondary N) is 1. The van der Waals surface area contributed by atoms with Crippen LogP contribution in [0, 0.1) is 19.8 Å². The molecule has 0 bridgehead atoms. The van der Waals surface area contributed by atoms with Gasteiger partial charge in [-0.1, -0.05) is 0 Å². The molecule has 0 radical (unpaired) electrons. The Hall–Kier alpha value is -1.09. The highest BCUT2D eigenvalue weighted by Crippen LogP contribution is 2.38. The number of aromatic amines is 1. The zero-order valence-electron chi connectivity index (χ0n) is 12.0. The topological polar surface area (TPSA) is 66.1 Å². The molecule has 21 heavy (non-hydrogen) atoms. The number of hydrogen-bond acceptors (Lipinski definition) is 3. The Morgan fingerprint density at radius 2 is 1.95 bits per heavy atom. The number of aryl methyl sites for hydroxylation is 2. The maximum atomic E-state index is 12.8. The molecule has 1 heterocycles. The monoisotopic (exact) mass is 325 g/mol. The van der Waals surface area contributed by atoms with Crippen molar-refractivity contribution in [3.63, 3.8) is 0 Å². The van der Waals surface area contributed by atoms with Crippen molar-refractivity contribution in [3.8, 4) is 0 Å². The second-order valence-electron chi connectivity index (χ2n) is 5.51. The van der Waals surface area contributed by atoms with Gasteiger partial charge in [-0.25, -0.2) is 8.42 Å². The summed E-state index contributed by atoms with van der Waals surface area (Å²) in [5, 5.41) is 6.28. The van der Waals surface area contributed by atoms with E-state index in [9.17, 15) is 21.6 Å². The lowest BCUT2D eigenvalue weighted by Crippen LogP contribution is -2.45. The first kappa shape index (κ1) is 16.3. The summed E-state index contributed by atoms with van der Waals surface area (Å²) >= 11 is 0. The van der Waals surface area contributed by atoms with E-state index in [4.69, 9.17) is 0 Å². The van der Waals surface area contributed by atoms with Crippen LogP contribution in [0.4, 0.5) is 13.2 Å². The van der Waals surface area contributed by atoms with E-state index in [1.54, 1.807) is 0 Å². The summed E-state index contributed by atoms with van der Waals surface area (Å²) in [4.78, 5) is -0.153. The average Bonchev–Trinajstić information content (AvgIpc) is 3.10. The number of halogens is 3. The van der Waals surface area contributed by atoms with Crippen LogP contribution in [-0.2, 0) is 10.0 Å². The smallest absolute Gasteiger partial charge is 0.281 e. The van der Waals surface area contributed by atoms with Gasteiger partial charge in [-0.3, -0.25) is 5.10 Å². The molecule has 1 aliphatic carbocycles. The third-order valence-corrected chi connectivity index (χ3v) is 5.92. The molecule has 1 atom stereocenters. The van der Waals surface area contributed by atoms with Gasteiger partial charge in [0, 0.05) is 6.04 Å². The van der Waals surface area contributed by atoms with Gasteiger partial charge in [-0.2, -0.15) is 22.6 Å². The molecular formula is C12H18F3N3O2S. The van der Waals surface area contributed by atoms with Crippen LogP contribution in [0.25, 0.3) is 0 Å². The molecule has 1 aromatic rings. The summed E-state index contributed by atoms with van der Waals surface area (Å²) in [5.74, 6) is -0.00496. The van der Waals surface area contributed by atoms with E-state index >= 15 is 0 Å². The molecule has 1 N–H and O–H groups in total. The van der Waals surface area contributed by atoms with E-state index in [2.05, 4.69) is 10.2 Å². The number of hydrogen-bond donors (Lipinski definition) is 1. The van der Waals surface area contributed by atoms with Crippen molar-refractivity contribution in [3.05, 3.63) is 11.4 Å². The minimum absolute atomic E-state index is 0.00496. The Bertz CT molecular complexity index is 601. The van der Waals surface area contributed by atoms with Crippen LogP contribution in [0.5, 0.6) is 0 Å². The van der Waals surface area contributed by atoms with Gasteiger partial charge in [0.2, 0.25) is 10.0 Å². The molecule has 0 aliphatic heterocycles. The van der Waals surface area contributed by atoms with Crippen LogP contribution >= 0.6 is 0 Å². The van der Waals surface area contributed by atoms with Crippen LogP contribution in [0.15, 0.2) is 4.90 Å². The Balaban J connectivity index is 2.44. The van der Waals surface area contributed by atoms with Crippen molar-refractivity contribution in [2.75, 3.05) is 6.54 Å². The van der Waals surface area contributed by atoms with Gasteiger partial charge in [0.05, 0.1) is 11.4 Å². The summed E-state index contributed by atoms with van der Waals surface area (Å²) in [6, 6.07) is -0.676. The number of rotatable bonds is 5. The molecular weight excluding hydrogens is 307 g/mol. The third kappa shape index (κ3) is 3.39. The molecule has 9 heteroatoms. The van der Waals surface area contributed by atoms with E-state index in [-0.39, 0.29) is 22.2 Å². The van der Waals surface area contributed by atoms with Crippen molar-refractivity contribution >= 4 is 10.0 Å². The summed E-state index contributed by atoms with van der Waals surface area (Å²) in [6.45, 7) is 3.01. The highest BCUT2D eigenvalue weighted by Gasteiger charge is 2.45. The third-order valence-electron chi connectivity index (χ3n) is 3.72. The predicted octanol–water partition coefficient (Wildman–Crippen LogP) is 2.38. The second-order valence-corrected chi connectivity index (χ2v) is 7.33. The van der Waals surface area contributed by atoms with Crippen LogP contribution < -0.4 is 0 Å². The fourth-order valence-corrected chi connectivity index (χ4v) is 4.49. The average molecular weight is 325 g/mol. The highest BCUT2D eigenvalue weighted by molar-refractivity contribution is 7.89.